The number of imidazole rings is 1. The van der Waals surface area contributed by atoms with Crippen molar-refractivity contribution in [2.75, 3.05) is 5.32 Å². The number of para-hydroxylation sites is 2. The predicted octanol–water partition coefficient (Wildman–Crippen LogP) is 6.44. The van der Waals surface area contributed by atoms with Crippen LogP contribution in [0.15, 0.2) is 78.9 Å². The van der Waals surface area contributed by atoms with E-state index in [2.05, 4.69) is 27.4 Å². The zero-order valence-electron chi connectivity index (χ0n) is 21.6. The Morgan fingerprint density at radius 2 is 1.58 bits per heavy atom. The fourth-order valence-corrected chi connectivity index (χ4v) is 5.04. The van der Waals surface area contributed by atoms with Gasteiger partial charge in [0.05, 0.1) is 16.7 Å². The van der Waals surface area contributed by atoms with E-state index in [0.29, 0.717) is 12.8 Å². The highest BCUT2D eigenvalue weighted by Gasteiger charge is 2.18. The van der Waals surface area contributed by atoms with Gasteiger partial charge in [-0.25, -0.2) is 14.5 Å². The van der Waals surface area contributed by atoms with Crippen LogP contribution < -0.4 is 5.32 Å². The molecule has 0 aliphatic carbocycles. The molecule has 3 aromatic carbocycles. The largest absolute Gasteiger partial charge is 0.338 e. The fraction of sp³-hybridized carbons (Fsp3) is 0.161. The maximum atomic E-state index is 12.8. The number of aromatic amines is 1. The van der Waals surface area contributed by atoms with Crippen molar-refractivity contribution < 1.29 is 4.79 Å². The monoisotopic (exact) mass is 500 g/mol. The summed E-state index contributed by atoms with van der Waals surface area (Å²) in [5.74, 6) is 0.768. The number of nitrogens with one attached hydrogen (secondary N) is 2. The van der Waals surface area contributed by atoms with Crippen molar-refractivity contribution in [2.45, 2.75) is 33.6 Å². The van der Waals surface area contributed by atoms with Gasteiger partial charge in [0.1, 0.15) is 5.82 Å². The van der Waals surface area contributed by atoms with Gasteiger partial charge >= 0.3 is 0 Å². The van der Waals surface area contributed by atoms with Crippen LogP contribution in [0.1, 0.15) is 29.1 Å². The zero-order valence-corrected chi connectivity index (χ0v) is 21.6. The van der Waals surface area contributed by atoms with Crippen LogP contribution in [0.2, 0.25) is 0 Å². The number of anilines is 1. The molecule has 0 radical (unpaired) electrons. The van der Waals surface area contributed by atoms with Gasteiger partial charge in [0.2, 0.25) is 5.91 Å². The lowest BCUT2D eigenvalue weighted by Crippen LogP contribution is -2.14. The van der Waals surface area contributed by atoms with Crippen LogP contribution in [0.5, 0.6) is 0 Å². The van der Waals surface area contributed by atoms with Crippen LogP contribution in [0.4, 0.5) is 5.69 Å². The average Bonchev–Trinajstić information content (AvgIpc) is 3.50. The number of H-pyrrole nitrogens is 1. The SMILES string of the molecule is Cc1nc2c(-c3ccccc3)c(C)nn2c(C)c1CCC(=O)Nc1ccc(-c2nc3ccccc3[nH]2)cc1. The number of benzene rings is 3. The van der Waals surface area contributed by atoms with E-state index >= 15 is 0 Å². The number of amides is 1. The Kier molecular flexibility index (Phi) is 5.96. The summed E-state index contributed by atoms with van der Waals surface area (Å²) in [5, 5.41) is 7.79. The third kappa shape index (κ3) is 4.32. The molecule has 0 aliphatic rings. The molecule has 188 valence electrons. The molecule has 3 heterocycles. The zero-order chi connectivity index (χ0) is 26.2. The van der Waals surface area contributed by atoms with E-state index < -0.39 is 0 Å². The third-order valence-corrected chi connectivity index (χ3v) is 7.00. The van der Waals surface area contributed by atoms with Crippen molar-refractivity contribution >= 4 is 28.3 Å². The van der Waals surface area contributed by atoms with Crippen molar-refractivity contribution in [1.82, 2.24) is 24.6 Å². The van der Waals surface area contributed by atoms with Crippen LogP contribution in [-0.2, 0) is 11.2 Å². The molecule has 6 rings (SSSR count). The van der Waals surface area contributed by atoms with E-state index in [1.165, 1.54) is 0 Å². The van der Waals surface area contributed by atoms with Crippen LogP contribution in [-0.4, -0.2) is 30.5 Å². The first-order valence-electron chi connectivity index (χ1n) is 12.7. The van der Waals surface area contributed by atoms with Gasteiger partial charge in [0.25, 0.3) is 0 Å². The fourth-order valence-electron chi connectivity index (χ4n) is 5.04. The van der Waals surface area contributed by atoms with E-state index in [-0.39, 0.29) is 5.91 Å². The number of nitrogens with zero attached hydrogens (tertiary/aromatic N) is 4. The molecule has 0 atom stereocenters. The second-order valence-electron chi connectivity index (χ2n) is 9.55. The Balaban J connectivity index is 1.16. The van der Waals surface area contributed by atoms with Gasteiger partial charge in [-0.05, 0) is 74.7 Å². The van der Waals surface area contributed by atoms with E-state index in [9.17, 15) is 4.79 Å². The number of aryl methyl sites for hydroxylation is 3. The smallest absolute Gasteiger partial charge is 0.224 e. The molecular formula is C31H28N6O. The Morgan fingerprint density at radius 3 is 2.34 bits per heavy atom. The Hall–Kier alpha value is -4.78. The molecule has 0 saturated heterocycles. The average molecular weight is 501 g/mol. The molecule has 0 unspecified atom stereocenters. The lowest BCUT2D eigenvalue weighted by Gasteiger charge is -2.12. The standard InChI is InChI=1S/C31H28N6O/c1-19-25(21(3)37-31(32-19)29(20(2)36-37)22-9-5-4-6-10-22)17-18-28(38)33-24-15-13-23(14-16-24)30-34-26-11-7-8-12-27(26)35-30/h4-16H,17-18H2,1-3H3,(H,33,38)(H,34,35). The first-order valence-corrected chi connectivity index (χ1v) is 12.7. The van der Waals surface area contributed by atoms with E-state index in [0.717, 1.165) is 67.5 Å². The summed E-state index contributed by atoms with van der Waals surface area (Å²) in [6, 6.07) is 25.9. The maximum absolute atomic E-state index is 12.8. The minimum atomic E-state index is -0.0398. The molecule has 38 heavy (non-hydrogen) atoms. The summed E-state index contributed by atoms with van der Waals surface area (Å²) in [6.07, 6.45) is 0.940. The normalized spacial score (nSPS) is 11.3. The highest BCUT2D eigenvalue weighted by atomic mass is 16.1. The number of fused-ring (bicyclic) bond motifs is 2. The molecule has 0 saturated carbocycles. The van der Waals surface area contributed by atoms with Crippen LogP contribution in [0.25, 0.3) is 39.2 Å². The van der Waals surface area contributed by atoms with E-state index in [1.807, 2.05) is 92.0 Å². The summed E-state index contributed by atoms with van der Waals surface area (Å²) in [4.78, 5) is 25.7. The minimum absolute atomic E-state index is 0.0398. The minimum Gasteiger partial charge on any atom is -0.338 e. The van der Waals surface area contributed by atoms with Crippen molar-refractivity contribution in [3.63, 3.8) is 0 Å². The number of aromatic nitrogens is 5. The molecule has 2 N–H and O–H groups in total. The molecule has 1 amide bonds. The molecular weight excluding hydrogens is 472 g/mol. The number of rotatable bonds is 6. The number of hydrogen-bond acceptors (Lipinski definition) is 4. The summed E-state index contributed by atoms with van der Waals surface area (Å²) < 4.78 is 1.91. The topological polar surface area (TPSA) is 88.0 Å². The van der Waals surface area contributed by atoms with Gasteiger partial charge < -0.3 is 10.3 Å². The third-order valence-electron chi connectivity index (χ3n) is 7.00. The van der Waals surface area contributed by atoms with Crippen molar-refractivity contribution in [3.8, 4) is 22.5 Å². The van der Waals surface area contributed by atoms with E-state index in [1.54, 1.807) is 0 Å². The summed E-state index contributed by atoms with van der Waals surface area (Å²) in [7, 11) is 0. The number of carbonyl (C=O) groups is 1. The van der Waals surface area contributed by atoms with Crippen LogP contribution in [0, 0.1) is 20.8 Å². The Bertz CT molecular complexity index is 1750. The second-order valence-corrected chi connectivity index (χ2v) is 9.55. The lowest BCUT2D eigenvalue weighted by molar-refractivity contribution is -0.116. The highest BCUT2D eigenvalue weighted by Crippen LogP contribution is 2.29. The number of hydrogen-bond donors (Lipinski definition) is 2. The second kappa shape index (κ2) is 9.59. The van der Waals surface area contributed by atoms with E-state index in [4.69, 9.17) is 10.1 Å². The van der Waals surface area contributed by atoms with Crippen LogP contribution in [0.3, 0.4) is 0 Å². The summed E-state index contributed by atoms with van der Waals surface area (Å²) in [6.45, 7) is 6.07. The predicted molar refractivity (Wildman–Crippen MR) is 151 cm³/mol. The quantitative estimate of drug-likeness (QED) is 0.276. The first kappa shape index (κ1) is 23.6. The van der Waals surface area contributed by atoms with Crippen molar-refractivity contribution in [2.24, 2.45) is 0 Å². The highest BCUT2D eigenvalue weighted by molar-refractivity contribution is 5.91. The van der Waals surface area contributed by atoms with Gasteiger partial charge in [-0.2, -0.15) is 5.10 Å². The van der Waals surface area contributed by atoms with Gasteiger partial charge in [0.15, 0.2) is 5.65 Å². The molecule has 6 aromatic rings. The van der Waals surface area contributed by atoms with Crippen LogP contribution >= 0.6 is 0 Å². The maximum Gasteiger partial charge on any atom is 0.224 e. The number of carbonyl (C=O) groups excluding carboxylic acids is 1. The first-order chi connectivity index (χ1) is 18.5. The van der Waals surface area contributed by atoms with Gasteiger partial charge in [0, 0.05) is 34.6 Å². The molecule has 0 aliphatic heterocycles. The lowest BCUT2D eigenvalue weighted by atomic mass is 10.0. The van der Waals surface area contributed by atoms with Crippen molar-refractivity contribution in [3.05, 3.63) is 102 Å². The summed E-state index contributed by atoms with van der Waals surface area (Å²) in [5.41, 5.74) is 10.6. The molecule has 0 spiro atoms. The molecule has 7 nitrogen and oxygen atoms in total. The molecule has 7 heteroatoms. The van der Waals surface area contributed by atoms with Gasteiger partial charge in [-0.3, -0.25) is 4.79 Å². The summed E-state index contributed by atoms with van der Waals surface area (Å²) >= 11 is 0. The van der Waals surface area contributed by atoms with Crippen molar-refractivity contribution in [1.29, 1.82) is 0 Å². The molecule has 3 aromatic heterocycles. The Labute approximate surface area is 220 Å². The molecule has 0 fully saturated rings. The Morgan fingerprint density at radius 1 is 0.842 bits per heavy atom. The molecule has 0 bridgehead atoms. The van der Waals surface area contributed by atoms with Gasteiger partial charge in [-0.15, -0.1) is 0 Å². The van der Waals surface area contributed by atoms with Gasteiger partial charge in [-0.1, -0.05) is 42.5 Å².